The van der Waals surface area contributed by atoms with Gasteiger partial charge in [0.05, 0.1) is 0 Å². The highest BCUT2D eigenvalue weighted by molar-refractivity contribution is 6.31. The molecule has 3 atom stereocenters. The van der Waals surface area contributed by atoms with Gasteiger partial charge in [-0.1, -0.05) is 42.6 Å². The summed E-state index contributed by atoms with van der Waals surface area (Å²) in [5, 5.41) is 8.21. The molecule has 20 heavy (non-hydrogen) atoms. The molecule has 1 aromatic carbocycles. The zero-order valence-electron chi connectivity index (χ0n) is 12.7. The Morgan fingerprint density at radius 1 is 1.25 bits per heavy atom. The van der Waals surface area contributed by atoms with Gasteiger partial charge in [-0.15, -0.1) is 0 Å². The lowest BCUT2D eigenvalue weighted by molar-refractivity contribution is 0.380. The lowest BCUT2D eigenvalue weighted by Gasteiger charge is -2.25. The molecule has 3 heteroatoms. The monoisotopic (exact) mass is 294 g/mol. The summed E-state index contributed by atoms with van der Waals surface area (Å²) in [5.74, 6) is 0. The number of hydrogen-bond acceptors (Lipinski definition) is 2. The number of benzene rings is 1. The fourth-order valence-corrected chi connectivity index (χ4v) is 3.44. The molecule has 2 nitrogen and oxygen atoms in total. The van der Waals surface area contributed by atoms with E-state index in [1.54, 1.807) is 0 Å². The molecule has 1 saturated heterocycles. The number of halogens is 1. The molecule has 1 aliphatic rings. The highest BCUT2D eigenvalue weighted by Crippen LogP contribution is 2.23. The van der Waals surface area contributed by atoms with Crippen LogP contribution in [0.3, 0.4) is 0 Å². The van der Waals surface area contributed by atoms with Crippen molar-refractivity contribution in [1.29, 1.82) is 0 Å². The normalized spacial score (nSPS) is 23.1. The van der Waals surface area contributed by atoms with Crippen molar-refractivity contribution in [2.45, 2.75) is 64.1 Å². The van der Waals surface area contributed by atoms with Gasteiger partial charge in [-0.05, 0) is 51.3 Å². The zero-order chi connectivity index (χ0) is 14.4. The van der Waals surface area contributed by atoms with Crippen molar-refractivity contribution in [3.63, 3.8) is 0 Å². The minimum Gasteiger partial charge on any atom is -0.314 e. The van der Waals surface area contributed by atoms with E-state index in [0.29, 0.717) is 18.1 Å². The maximum absolute atomic E-state index is 6.26. The van der Waals surface area contributed by atoms with Crippen LogP contribution >= 0.6 is 11.6 Å². The first-order valence-corrected chi connectivity index (χ1v) is 8.28. The molecule has 1 aromatic rings. The van der Waals surface area contributed by atoms with E-state index in [1.165, 1.54) is 44.2 Å². The smallest absolute Gasteiger partial charge is 0.0453 e. The summed E-state index contributed by atoms with van der Waals surface area (Å²) in [5.41, 5.74) is 1.19. The Labute approximate surface area is 128 Å². The Hall–Kier alpha value is -0.570. The van der Waals surface area contributed by atoms with Crippen LogP contribution in [0.2, 0.25) is 5.02 Å². The quantitative estimate of drug-likeness (QED) is 0.846. The molecule has 0 spiro atoms. The van der Waals surface area contributed by atoms with Gasteiger partial charge in [0.1, 0.15) is 0 Å². The summed E-state index contributed by atoms with van der Waals surface area (Å²) in [6.07, 6.45) is 6.57. The van der Waals surface area contributed by atoms with Gasteiger partial charge in [-0.3, -0.25) is 0 Å². The molecule has 2 N–H and O–H groups in total. The summed E-state index contributed by atoms with van der Waals surface area (Å²) in [6.45, 7) is 5.65. The van der Waals surface area contributed by atoms with Crippen LogP contribution in [0.15, 0.2) is 24.3 Å². The second-order valence-corrected chi connectivity index (χ2v) is 6.45. The van der Waals surface area contributed by atoms with Crippen molar-refractivity contribution in [3.8, 4) is 0 Å². The Bertz CT molecular complexity index is 400. The molecule has 112 valence electrons. The Morgan fingerprint density at radius 2 is 2.05 bits per heavy atom. The molecule has 0 bridgehead atoms. The second kappa shape index (κ2) is 8.02. The SMILES string of the molecule is CC(CC1CCCCCN1)NC(C)c1ccccc1Cl. The van der Waals surface area contributed by atoms with Crippen molar-refractivity contribution in [2.24, 2.45) is 0 Å². The highest BCUT2D eigenvalue weighted by Gasteiger charge is 2.17. The van der Waals surface area contributed by atoms with Crippen LogP contribution in [0.4, 0.5) is 0 Å². The maximum Gasteiger partial charge on any atom is 0.0453 e. The first kappa shape index (κ1) is 15.8. The predicted molar refractivity (Wildman–Crippen MR) is 87.3 cm³/mol. The predicted octanol–water partition coefficient (Wildman–Crippen LogP) is 4.30. The molecule has 0 saturated carbocycles. The third kappa shape index (κ3) is 4.76. The minimum atomic E-state index is 0.296. The Balaban J connectivity index is 1.84. The summed E-state index contributed by atoms with van der Waals surface area (Å²) in [7, 11) is 0. The number of rotatable bonds is 5. The van der Waals surface area contributed by atoms with Gasteiger partial charge in [0.15, 0.2) is 0 Å². The lowest BCUT2D eigenvalue weighted by Crippen LogP contribution is -2.37. The van der Waals surface area contributed by atoms with E-state index in [0.717, 1.165) is 5.02 Å². The zero-order valence-corrected chi connectivity index (χ0v) is 13.4. The molecule has 0 amide bonds. The molecule has 0 aliphatic carbocycles. The second-order valence-electron chi connectivity index (χ2n) is 6.05. The third-order valence-electron chi connectivity index (χ3n) is 4.21. The first-order valence-electron chi connectivity index (χ1n) is 7.90. The van der Waals surface area contributed by atoms with Crippen LogP contribution in [-0.4, -0.2) is 18.6 Å². The molecule has 0 aromatic heterocycles. The standard InChI is InChI=1S/C17H27ClN2/c1-13(12-15-8-4-3-7-11-19-15)20-14(2)16-9-5-6-10-17(16)18/h5-6,9-10,13-15,19-20H,3-4,7-8,11-12H2,1-2H3. The highest BCUT2D eigenvalue weighted by atomic mass is 35.5. The van der Waals surface area contributed by atoms with Crippen LogP contribution in [0, 0.1) is 0 Å². The molecule has 1 fully saturated rings. The molecule has 3 unspecified atom stereocenters. The van der Waals surface area contributed by atoms with E-state index in [2.05, 4.69) is 36.6 Å². The van der Waals surface area contributed by atoms with Gasteiger partial charge in [0.25, 0.3) is 0 Å². The van der Waals surface area contributed by atoms with E-state index >= 15 is 0 Å². The molecule has 1 heterocycles. The van der Waals surface area contributed by atoms with E-state index in [-0.39, 0.29) is 0 Å². The number of hydrogen-bond donors (Lipinski definition) is 2. The molecule has 1 aliphatic heterocycles. The minimum absolute atomic E-state index is 0.296. The van der Waals surface area contributed by atoms with Crippen LogP contribution < -0.4 is 10.6 Å². The van der Waals surface area contributed by atoms with Gasteiger partial charge in [0.2, 0.25) is 0 Å². The van der Waals surface area contributed by atoms with Gasteiger partial charge in [0, 0.05) is 23.1 Å². The molecular weight excluding hydrogens is 268 g/mol. The first-order chi connectivity index (χ1) is 9.66. The van der Waals surface area contributed by atoms with Gasteiger partial charge in [-0.2, -0.15) is 0 Å². The van der Waals surface area contributed by atoms with Crippen molar-refractivity contribution in [3.05, 3.63) is 34.9 Å². The maximum atomic E-state index is 6.26. The van der Waals surface area contributed by atoms with Crippen molar-refractivity contribution < 1.29 is 0 Å². The van der Waals surface area contributed by atoms with Crippen molar-refractivity contribution in [1.82, 2.24) is 10.6 Å². The molecule has 0 radical (unpaired) electrons. The number of nitrogens with one attached hydrogen (secondary N) is 2. The van der Waals surface area contributed by atoms with E-state index < -0.39 is 0 Å². The van der Waals surface area contributed by atoms with Crippen molar-refractivity contribution in [2.75, 3.05) is 6.54 Å². The largest absolute Gasteiger partial charge is 0.314 e. The average molecular weight is 295 g/mol. The van der Waals surface area contributed by atoms with Gasteiger partial charge < -0.3 is 10.6 Å². The fourth-order valence-electron chi connectivity index (χ4n) is 3.14. The van der Waals surface area contributed by atoms with E-state index in [4.69, 9.17) is 11.6 Å². The third-order valence-corrected chi connectivity index (χ3v) is 4.55. The van der Waals surface area contributed by atoms with E-state index in [1.807, 2.05) is 12.1 Å². The van der Waals surface area contributed by atoms with Crippen molar-refractivity contribution >= 4 is 11.6 Å². The summed E-state index contributed by atoms with van der Waals surface area (Å²) in [4.78, 5) is 0. The Kier molecular flexibility index (Phi) is 6.34. The van der Waals surface area contributed by atoms with Crippen LogP contribution in [-0.2, 0) is 0 Å². The lowest BCUT2D eigenvalue weighted by atomic mass is 10.0. The summed E-state index contributed by atoms with van der Waals surface area (Å²) >= 11 is 6.26. The van der Waals surface area contributed by atoms with Crippen LogP contribution in [0.1, 0.15) is 57.6 Å². The summed E-state index contributed by atoms with van der Waals surface area (Å²) in [6, 6.07) is 9.57. The molecular formula is C17H27ClN2. The topological polar surface area (TPSA) is 24.1 Å². The van der Waals surface area contributed by atoms with Crippen LogP contribution in [0.5, 0.6) is 0 Å². The fraction of sp³-hybridized carbons (Fsp3) is 0.647. The Morgan fingerprint density at radius 3 is 2.85 bits per heavy atom. The van der Waals surface area contributed by atoms with Crippen LogP contribution in [0.25, 0.3) is 0 Å². The molecule has 2 rings (SSSR count). The van der Waals surface area contributed by atoms with E-state index in [9.17, 15) is 0 Å². The van der Waals surface area contributed by atoms with Gasteiger partial charge >= 0.3 is 0 Å². The van der Waals surface area contributed by atoms with Gasteiger partial charge in [-0.25, -0.2) is 0 Å². The summed E-state index contributed by atoms with van der Waals surface area (Å²) < 4.78 is 0. The average Bonchev–Trinajstić information content (AvgIpc) is 2.67.